The van der Waals surface area contributed by atoms with Gasteiger partial charge in [0.05, 0.1) is 0 Å². The van der Waals surface area contributed by atoms with Crippen LogP contribution in [0.2, 0.25) is 0 Å². The maximum atomic E-state index is 2.35. The summed E-state index contributed by atoms with van der Waals surface area (Å²) < 4.78 is 0. The van der Waals surface area contributed by atoms with Crippen LogP contribution in [0.15, 0.2) is 48.5 Å². The average molecular weight is 238 g/mol. The minimum atomic E-state index is 0.652. The predicted molar refractivity (Wildman–Crippen MR) is 79.9 cm³/mol. The van der Waals surface area contributed by atoms with Crippen molar-refractivity contribution in [3.63, 3.8) is 0 Å². The van der Waals surface area contributed by atoms with Crippen LogP contribution >= 0.6 is 0 Å². The summed E-state index contributed by atoms with van der Waals surface area (Å²) in [6.07, 6.45) is 2.51. The molecule has 0 radical (unpaired) electrons. The SMILES string of the molecule is CCCC(C)c1cccc(-c2ccccc2C)c1. The number of hydrogen-bond donors (Lipinski definition) is 0. The first kappa shape index (κ1) is 12.9. The van der Waals surface area contributed by atoms with E-state index in [-0.39, 0.29) is 0 Å². The third-order valence-electron chi connectivity index (χ3n) is 3.63. The van der Waals surface area contributed by atoms with Gasteiger partial charge in [0, 0.05) is 0 Å². The van der Waals surface area contributed by atoms with Gasteiger partial charge in [0.1, 0.15) is 0 Å². The topological polar surface area (TPSA) is 0 Å². The standard InChI is InChI=1S/C18H22/c1-4-8-14(2)16-10-7-11-17(13-16)18-12-6-5-9-15(18)3/h5-7,9-14H,4,8H2,1-3H3. The lowest BCUT2D eigenvalue weighted by molar-refractivity contribution is 0.665. The van der Waals surface area contributed by atoms with Crippen molar-refractivity contribution in [3.8, 4) is 11.1 Å². The van der Waals surface area contributed by atoms with E-state index in [4.69, 9.17) is 0 Å². The van der Waals surface area contributed by atoms with Gasteiger partial charge >= 0.3 is 0 Å². The van der Waals surface area contributed by atoms with E-state index in [1.54, 1.807) is 0 Å². The number of benzene rings is 2. The molecule has 18 heavy (non-hydrogen) atoms. The molecular formula is C18H22. The molecule has 94 valence electrons. The van der Waals surface area contributed by atoms with Crippen molar-refractivity contribution in [3.05, 3.63) is 59.7 Å². The van der Waals surface area contributed by atoms with Crippen LogP contribution < -0.4 is 0 Å². The minimum Gasteiger partial charge on any atom is -0.0654 e. The van der Waals surface area contributed by atoms with Crippen molar-refractivity contribution >= 4 is 0 Å². The number of aryl methyl sites for hydroxylation is 1. The Morgan fingerprint density at radius 2 is 1.78 bits per heavy atom. The summed E-state index contributed by atoms with van der Waals surface area (Å²) in [5, 5.41) is 0. The van der Waals surface area contributed by atoms with E-state index in [0.29, 0.717) is 5.92 Å². The minimum absolute atomic E-state index is 0.652. The molecule has 1 atom stereocenters. The third-order valence-corrected chi connectivity index (χ3v) is 3.63. The molecule has 0 aliphatic heterocycles. The second-order valence-corrected chi connectivity index (χ2v) is 5.13. The molecule has 0 aliphatic carbocycles. The molecule has 0 spiro atoms. The second kappa shape index (κ2) is 5.86. The first-order valence-electron chi connectivity index (χ1n) is 6.88. The van der Waals surface area contributed by atoms with Crippen molar-refractivity contribution in [2.75, 3.05) is 0 Å². The van der Waals surface area contributed by atoms with Crippen LogP contribution in [0.1, 0.15) is 43.7 Å². The highest BCUT2D eigenvalue weighted by Crippen LogP contribution is 2.28. The Labute approximate surface area is 111 Å². The highest BCUT2D eigenvalue weighted by molar-refractivity contribution is 5.67. The molecule has 2 aromatic carbocycles. The first-order valence-corrected chi connectivity index (χ1v) is 6.88. The fraction of sp³-hybridized carbons (Fsp3) is 0.333. The van der Waals surface area contributed by atoms with Crippen molar-refractivity contribution in [1.82, 2.24) is 0 Å². The van der Waals surface area contributed by atoms with Gasteiger partial charge in [0.15, 0.2) is 0 Å². The van der Waals surface area contributed by atoms with Crippen LogP contribution in [0.3, 0.4) is 0 Å². The summed E-state index contributed by atoms with van der Waals surface area (Å²) in [5.41, 5.74) is 5.49. The molecule has 0 saturated carbocycles. The predicted octanol–water partition coefficient (Wildman–Crippen LogP) is 5.57. The molecule has 0 fully saturated rings. The quantitative estimate of drug-likeness (QED) is 0.653. The van der Waals surface area contributed by atoms with Crippen LogP contribution in [-0.2, 0) is 0 Å². The summed E-state index contributed by atoms with van der Waals surface area (Å²) in [7, 11) is 0. The van der Waals surface area contributed by atoms with Crippen molar-refractivity contribution < 1.29 is 0 Å². The van der Waals surface area contributed by atoms with Crippen molar-refractivity contribution in [2.24, 2.45) is 0 Å². The second-order valence-electron chi connectivity index (χ2n) is 5.13. The zero-order valence-electron chi connectivity index (χ0n) is 11.6. The molecule has 0 saturated heterocycles. The Bertz CT molecular complexity index is 511. The molecule has 2 aromatic rings. The van der Waals surface area contributed by atoms with Crippen LogP contribution in [0.25, 0.3) is 11.1 Å². The van der Waals surface area contributed by atoms with Crippen molar-refractivity contribution in [1.29, 1.82) is 0 Å². The van der Waals surface area contributed by atoms with E-state index >= 15 is 0 Å². The summed E-state index contributed by atoms with van der Waals surface area (Å²) in [5.74, 6) is 0.652. The lowest BCUT2D eigenvalue weighted by atomic mass is 9.92. The maximum absolute atomic E-state index is 2.35. The van der Waals surface area contributed by atoms with Crippen LogP contribution in [0.4, 0.5) is 0 Å². The maximum Gasteiger partial charge on any atom is -0.0155 e. The smallest absolute Gasteiger partial charge is 0.0155 e. The Hall–Kier alpha value is -1.56. The van der Waals surface area contributed by atoms with Crippen LogP contribution in [0.5, 0.6) is 0 Å². The van der Waals surface area contributed by atoms with E-state index < -0.39 is 0 Å². The molecule has 1 unspecified atom stereocenters. The van der Waals surface area contributed by atoms with E-state index in [2.05, 4.69) is 69.3 Å². The van der Waals surface area contributed by atoms with Gasteiger partial charge < -0.3 is 0 Å². The molecular weight excluding hydrogens is 216 g/mol. The van der Waals surface area contributed by atoms with Gasteiger partial charge in [0.25, 0.3) is 0 Å². The van der Waals surface area contributed by atoms with Gasteiger partial charge in [-0.2, -0.15) is 0 Å². The van der Waals surface area contributed by atoms with Gasteiger partial charge in [0.2, 0.25) is 0 Å². The summed E-state index contributed by atoms with van der Waals surface area (Å²) in [6.45, 7) is 6.75. The Morgan fingerprint density at radius 1 is 1.00 bits per heavy atom. The lowest BCUT2D eigenvalue weighted by Crippen LogP contribution is -1.93. The van der Waals surface area contributed by atoms with E-state index in [0.717, 1.165) is 0 Å². The van der Waals surface area contributed by atoms with Gasteiger partial charge in [-0.3, -0.25) is 0 Å². The molecule has 0 aliphatic rings. The third kappa shape index (κ3) is 2.81. The molecule has 0 nitrogen and oxygen atoms in total. The Balaban J connectivity index is 2.36. The normalized spacial score (nSPS) is 12.4. The zero-order chi connectivity index (χ0) is 13.0. The average Bonchev–Trinajstić information content (AvgIpc) is 2.40. The summed E-state index contributed by atoms with van der Waals surface area (Å²) in [6, 6.07) is 17.6. The van der Waals surface area contributed by atoms with E-state index in [1.807, 2.05) is 0 Å². The number of rotatable bonds is 4. The molecule has 0 bridgehead atoms. The monoisotopic (exact) mass is 238 g/mol. The zero-order valence-corrected chi connectivity index (χ0v) is 11.6. The molecule has 0 heterocycles. The van der Waals surface area contributed by atoms with Crippen LogP contribution in [-0.4, -0.2) is 0 Å². The van der Waals surface area contributed by atoms with Gasteiger partial charge in [-0.1, -0.05) is 68.8 Å². The fourth-order valence-electron chi connectivity index (χ4n) is 2.51. The summed E-state index contributed by atoms with van der Waals surface area (Å²) in [4.78, 5) is 0. The fourth-order valence-corrected chi connectivity index (χ4v) is 2.51. The van der Waals surface area contributed by atoms with Gasteiger partial charge in [-0.15, -0.1) is 0 Å². The van der Waals surface area contributed by atoms with E-state index in [9.17, 15) is 0 Å². The van der Waals surface area contributed by atoms with Gasteiger partial charge in [-0.25, -0.2) is 0 Å². The van der Waals surface area contributed by atoms with Crippen molar-refractivity contribution in [2.45, 2.75) is 39.5 Å². The lowest BCUT2D eigenvalue weighted by Gasteiger charge is -2.13. The highest BCUT2D eigenvalue weighted by atomic mass is 14.1. The summed E-state index contributed by atoms with van der Waals surface area (Å²) >= 11 is 0. The molecule has 0 aromatic heterocycles. The molecule has 0 amide bonds. The molecule has 2 rings (SSSR count). The Morgan fingerprint density at radius 3 is 2.50 bits per heavy atom. The highest BCUT2D eigenvalue weighted by Gasteiger charge is 2.06. The van der Waals surface area contributed by atoms with Gasteiger partial charge in [-0.05, 0) is 41.5 Å². The molecule has 0 heteroatoms. The molecule has 0 N–H and O–H groups in total. The number of hydrogen-bond acceptors (Lipinski definition) is 0. The van der Waals surface area contributed by atoms with E-state index in [1.165, 1.54) is 35.1 Å². The van der Waals surface area contributed by atoms with Crippen LogP contribution in [0, 0.1) is 6.92 Å². The largest absolute Gasteiger partial charge is 0.0654 e. The first-order chi connectivity index (χ1) is 8.72. The Kier molecular flexibility index (Phi) is 4.19.